The highest BCUT2D eigenvalue weighted by Gasteiger charge is 2.17. The van der Waals surface area contributed by atoms with Gasteiger partial charge in [0.05, 0.1) is 26.1 Å². The highest BCUT2D eigenvalue weighted by atomic mass is 16.5. The Morgan fingerprint density at radius 2 is 1.88 bits per heavy atom. The van der Waals surface area contributed by atoms with Crippen LogP contribution < -0.4 is 19.7 Å². The van der Waals surface area contributed by atoms with E-state index in [9.17, 15) is 4.79 Å². The van der Waals surface area contributed by atoms with E-state index < -0.39 is 0 Å². The monoisotopic (exact) mass is 458 g/mol. The molecule has 1 N–H and O–H groups in total. The lowest BCUT2D eigenvalue weighted by Gasteiger charge is -2.30. The molecule has 34 heavy (non-hydrogen) atoms. The van der Waals surface area contributed by atoms with Crippen molar-refractivity contribution in [2.45, 2.75) is 25.7 Å². The zero-order valence-corrected chi connectivity index (χ0v) is 19.7. The van der Waals surface area contributed by atoms with E-state index in [4.69, 9.17) is 14.5 Å². The number of benzene rings is 2. The molecule has 0 spiro atoms. The van der Waals surface area contributed by atoms with Crippen LogP contribution in [0.4, 0.5) is 17.3 Å². The van der Waals surface area contributed by atoms with Gasteiger partial charge >= 0.3 is 0 Å². The van der Waals surface area contributed by atoms with Gasteiger partial charge in [0.1, 0.15) is 11.4 Å². The van der Waals surface area contributed by atoms with E-state index in [0.29, 0.717) is 23.8 Å². The molecule has 1 fully saturated rings. The van der Waals surface area contributed by atoms with E-state index in [-0.39, 0.29) is 5.78 Å². The number of piperidine rings is 1. The van der Waals surface area contributed by atoms with E-state index in [1.54, 1.807) is 20.4 Å². The van der Waals surface area contributed by atoms with Gasteiger partial charge in [-0.15, -0.1) is 0 Å². The van der Waals surface area contributed by atoms with E-state index in [0.717, 1.165) is 41.3 Å². The Balaban J connectivity index is 1.63. The Bertz CT molecular complexity index is 1170. The molecule has 0 aliphatic carbocycles. The SMILES string of the molecule is C=CC(=O)Cc1cccc(-c2nc(Nc3ccc(OC)c(N4CCCCC4)c3)ncc2OC)c1. The fraction of sp³-hybridized carbons (Fsp3) is 0.296. The van der Waals surface area contributed by atoms with Crippen molar-refractivity contribution in [1.82, 2.24) is 9.97 Å². The molecule has 2 aromatic carbocycles. The zero-order valence-electron chi connectivity index (χ0n) is 19.7. The second-order valence-corrected chi connectivity index (χ2v) is 8.22. The summed E-state index contributed by atoms with van der Waals surface area (Å²) in [5.41, 5.74) is 4.33. The minimum absolute atomic E-state index is 0.0295. The number of ether oxygens (including phenoxy) is 2. The maximum absolute atomic E-state index is 11.8. The lowest BCUT2D eigenvalue weighted by molar-refractivity contribution is -0.114. The predicted molar refractivity (Wildman–Crippen MR) is 135 cm³/mol. The average molecular weight is 459 g/mol. The summed E-state index contributed by atoms with van der Waals surface area (Å²) >= 11 is 0. The third-order valence-corrected chi connectivity index (χ3v) is 5.91. The number of anilines is 3. The summed E-state index contributed by atoms with van der Waals surface area (Å²) < 4.78 is 11.1. The molecule has 1 aliphatic rings. The number of allylic oxidation sites excluding steroid dienone is 1. The third kappa shape index (κ3) is 5.36. The van der Waals surface area contributed by atoms with Crippen LogP contribution in [0, 0.1) is 0 Å². The molecular formula is C27H30N4O3. The number of carbonyl (C=O) groups excluding carboxylic acids is 1. The summed E-state index contributed by atoms with van der Waals surface area (Å²) in [5, 5.41) is 3.32. The molecule has 0 radical (unpaired) electrons. The normalized spacial score (nSPS) is 13.3. The number of ketones is 1. The molecule has 176 valence electrons. The quantitative estimate of drug-likeness (QED) is 0.442. The largest absolute Gasteiger partial charge is 0.495 e. The summed E-state index contributed by atoms with van der Waals surface area (Å²) in [6, 6.07) is 13.7. The van der Waals surface area contributed by atoms with Gasteiger partial charge in [-0.25, -0.2) is 9.97 Å². The van der Waals surface area contributed by atoms with Gasteiger partial charge in [-0.3, -0.25) is 4.79 Å². The molecule has 0 amide bonds. The van der Waals surface area contributed by atoms with Gasteiger partial charge in [-0.1, -0.05) is 24.8 Å². The van der Waals surface area contributed by atoms with Crippen molar-refractivity contribution >= 4 is 23.1 Å². The molecule has 0 saturated carbocycles. The second-order valence-electron chi connectivity index (χ2n) is 8.22. The second kappa shape index (κ2) is 10.8. The summed E-state index contributed by atoms with van der Waals surface area (Å²) in [4.78, 5) is 23.3. The summed E-state index contributed by atoms with van der Waals surface area (Å²) in [6.07, 6.45) is 6.92. The summed E-state index contributed by atoms with van der Waals surface area (Å²) in [5.74, 6) is 1.84. The van der Waals surface area contributed by atoms with Crippen LogP contribution in [0.2, 0.25) is 0 Å². The van der Waals surface area contributed by atoms with Gasteiger partial charge in [0.25, 0.3) is 0 Å². The van der Waals surface area contributed by atoms with Crippen molar-refractivity contribution in [1.29, 1.82) is 0 Å². The minimum Gasteiger partial charge on any atom is -0.495 e. The number of methoxy groups -OCH3 is 2. The van der Waals surface area contributed by atoms with Crippen molar-refractivity contribution in [3.8, 4) is 22.8 Å². The lowest BCUT2D eigenvalue weighted by Crippen LogP contribution is -2.29. The molecule has 1 aliphatic heterocycles. The number of rotatable bonds is 9. The van der Waals surface area contributed by atoms with Gasteiger partial charge in [-0.2, -0.15) is 0 Å². The van der Waals surface area contributed by atoms with E-state index >= 15 is 0 Å². The van der Waals surface area contributed by atoms with E-state index in [1.807, 2.05) is 36.4 Å². The molecule has 4 rings (SSSR count). The van der Waals surface area contributed by atoms with Gasteiger partial charge in [0, 0.05) is 30.8 Å². The van der Waals surface area contributed by atoms with Crippen molar-refractivity contribution < 1.29 is 14.3 Å². The molecule has 1 saturated heterocycles. The standard InChI is InChI=1S/C27H30N4O3/c1-4-22(32)16-19-9-8-10-20(15-19)26-25(34-3)18-28-27(30-26)29-21-11-12-24(33-2)23(17-21)31-13-6-5-7-14-31/h4,8-12,15,17-18H,1,5-7,13-14,16H2,2-3H3,(H,28,29,30). The molecular weight excluding hydrogens is 428 g/mol. The Morgan fingerprint density at radius 3 is 2.62 bits per heavy atom. The molecule has 0 bridgehead atoms. The first kappa shape index (κ1) is 23.3. The first-order chi connectivity index (χ1) is 16.6. The molecule has 1 aromatic heterocycles. The summed E-state index contributed by atoms with van der Waals surface area (Å²) in [7, 11) is 3.29. The highest BCUT2D eigenvalue weighted by molar-refractivity contribution is 5.91. The smallest absolute Gasteiger partial charge is 0.227 e. The Kier molecular flexibility index (Phi) is 7.42. The Labute approximate surface area is 200 Å². The fourth-order valence-electron chi connectivity index (χ4n) is 4.17. The first-order valence-electron chi connectivity index (χ1n) is 11.5. The van der Waals surface area contributed by atoms with Crippen LogP contribution >= 0.6 is 0 Å². The maximum Gasteiger partial charge on any atom is 0.227 e. The highest BCUT2D eigenvalue weighted by Crippen LogP contribution is 2.35. The number of aromatic nitrogens is 2. The van der Waals surface area contributed by atoms with E-state index in [1.165, 1.54) is 25.3 Å². The van der Waals surface area contributed by atoms with Crippen molar-refractivity contribution in [2.24, 2.45) is 0 Å². The number of nitrogens with one attached hydrogen (secondary N) is 1. The van der Waals surface area contributed by atoms with Crippen LogP contribution in [0.3, 0.4) is 0 Å². The average Bonchev–Trinajstić information content (AvgIpc) is 2.89. The molecule has 2 heterocycles. The minimum atomic E-state index is -0.0295. The first-order valence-corrected chi connectivity index (χ1v) is 11.5. The lowest BCUT2D eigenvalue weighted by atomic mass is 10.0. The van der Waals surface area contributed by atoms with Crippen LogP contribution in [-0.2, 0) is 11.2 Å². The van der Waals surface area contributed by atoms with Crippen molar-refractivity contribution in [2.75, 3.05) is 37.5 Å². The van der Waals surface area contributed by atoms with Crippen molar-refractivity contribution in [3.05, 3.63) is 66.9 Å². The molecule has 7 nitrogen and oxygen atoms in total. The van der Waals surface area contributed by atoms with Gasteiger partial charge < -0.3 is 19.7 Å². The maximum atomic E-state index is 11.8. The molecule has 0 atom stereocenters. The molecule has 7 heteroatoms. The van der Waals surface area contributed by atoms with Crippen LogP contribution in [0.15, 0.2) is 61.3 Å². The van der Waals surface area contributed by atoms with Gasteiger partial charge in [-0.05, 0) is 55.2 Å². The predicted octanol–water partition coefficient (Wildman–Crippen LogP) is 5.19. The van der Waals surface area contributed by atoms with Crippen LogP contribution in [0.25, 0.3) is 11.3 Å². The number of carbonyl (C=O) groups is 1. The molecule has 0 unspecified atom stereocenters. The number of hydrogen-bond acceptors (Lipinski definition) is 7. The topological polar surface area (TPSA) is 76.6 Å². The van der Waals surface area contributed by atoms with Gasteiger partial charge in [0.15, 0.2) is 11.5 Å². The van der Waals surface area contributed by atoms with E-state index in [2.05, 4.69) is 27.8 Å². The zero-order chi connectivity index (χ0) is 23.9. The molecule has 3 aromatic rings. The Hall–Kier alpha value is -3.87. The third-order valence-electron chi connectivity index (χ3n) is 5.91. The summed E-state index contributed by atoms with van der Waals surface area (Å²) in [6.45, 7) is 5.60. The Morgan fingerprint density at radius 1 is 1.09 bits per heavy atom. The number of hydrogen-bond donors (Lipinski definition) is 1. The van der Waals surface area contributed by atoms with Crippen LogP contribution in [0.1, 0.15) is 24.8 Å². The number of nitrogens with zero attached hydrogens (tertiary/aromatic N) is 3. The van der Waals surface area contributed by atoms with Crippen LogP contribution in [0.5, 0.6) is 11.5 Å². The fourth-order valence-corrected chi connectivity index (χ4v) is 4.17. The van der Waals surface area contributed by atoms with Gasteiger partial charge in [0.2, 0.25) is 5.95 Å². The van der Waals surface area contributed by atoms with Crippen LogP contribution in [-0.4, -0.2) is 43.1 Å². The van der Waals surface area contributed by atoms with Crippen molar-refractivity contribution in [3.63, 3.8) is 0 Å².